The SMILES string of the molecule is CC(C)(C)OC(=O)N[C@@H]1CC[C@]2(C1)C(=O)C1CN(c3cc(C(F)(F)F)ccn3)CCN1C2=O. The van der Waals surface area contributed by atoms with Crippen LogP contribution in [0.1, 0.15) is 45.6 Å². The number of hydrogen-bond acceptors (Lipinski definition) is 6. The maximum atomic E-state index is 13.4. The van der Waals surface area contributed by atoms with Gasteiger partial charge in [0.1, 0.15) is 22.9 Å². The monoisotopic (exact) mass is 468 g/mol. The van der Waals surface area contributed by atoms with Crippen LogP contribution in [-0.2, 0) is 20.5 Å². The van der Waals surface area contributed by atoms with Gasteiger partial charge >= 0.3 is 12.3 Å². The first-order valence-corrected chi connectivity index (χ1v) is 10.9. The predicted octanol–water partition coefficient (Wildman–Crippen LogP) is 2.76. The number of piperazine rings is 1. The molecule has 1 aromatic heterocycles. The smallest absolute Gasteiger partial charge is 0.416 e. The average molecular weight is 468 g/mol. The van der Waals surface area contributed by atoms with Crippen molar-refractivity contribution in [1.29, 1.82) is 0 Å². The quantitative estimate of drug-likeness (QED) is 0.672. The number of anilines is 1. The standard InChI is InChI=1S/C22H27F3N4O4/c1-20(2,3)33-19(32)27-14-4-6-21(11-14)17(30)15-12-28(8-9-29(15)18(21)31)16-10-13(5-7-26-16)22(23,24)25/h5,7,10,14-15H,4,6,8-9,11-12H2,1-3H3,(H,27,32)/t14-,15?,21+/m1/s1. The third-order valence-electron chi connectivity index (χ3n) is 6.46. The molecular weight excluding hydrogens is 441 g/mol. The summed E-state index contributed by atoms with van der Waals surface area (Å²) >= 11 is 0. The minimum absolute atomic E-state index is 0.0881. The number of rotatable bonds is 2. The minimum atomic E-state index is -4.50. The lowest BCUT2D eigenvalue weighted by atomic mass is 9.81. The molecule has 0 radical (unpaired) electrons. The van der Waals surface area contributed by atoms with Crippen LogP contribution in [0.25, 0.3) is 0 Å². The highest BCUT2D eigenvalue weighted by Gasteiger charge is 2.62. The van der Waals surface area contributed by atoms with Gasteiger partial charge in [-0.05, 0) is 52.2 Å². The van der Waals surface area contributed by atoms with Gasteiger partial charge in [0, 0.05) is 31.9 Å². The zero-order valence-electron chi connectivity index (χ0n) is 18.7. The van der Waals surface area contributed by atoms with E-state index in [2.05, 4.69) is 10.3 Å². The van der Waals surface area contributed by atoms with E-state index in [1.54, 1.807) is 25.7 Å². The molecule has 11 heteroatoms. The second-order valence-electron chi connectivity index (χ2n) is 9.89. The summed E-state index contributed by atoms with van der Waals surface area (Å²) in [6.45, 7) is 5.82. The van der Waals surface area contributed by atoms with E-state index in [1.165, 1.54) is 4.90 Å². The molecule has 1 spiro atoms. The molecule has 1 saturated carbocycles. The van der Waals surface area contributed by atoms with Crippen molar-refractivity contribution < 1.29 is 32.3 Å². The number of alkyl halides is 3. The molecule has 1 unspecified atom stereocenters. The third kappa shape index (κ3) is 4.37. The number of halogens is 3. The Balaban J connectivity index is 1.47. The number of carbonyl (C=O) groups excluding carboxylic acids is 3. The Labute approximate surface area is 189 Å². The minimum Gasteiger partial charge on any atom is -0.444 e. The number of ether oxygens (including phenoxy) is 1. The molecule has 33 heavy (non-hydrogen) atoms. The predicted molar refractivity (Wildman–Crippen MR) is 111 cm³/mol. The third-order valence-corrected chi connectivity index (χ3v) is 6.46. The van der Waals surface area contributed by atoms with Crippen molar-refractivity contribution in [2.24, 2.45) is 5.41 Å². The molecule has 4 rings (SSSR count). The van der Waals surface area contributed by atoms with Crippen molar-refractivity contribution in [3.8, 4) is 0 Å². The van der Waals surface area contributed by atoms with E-state index in [-0.39, 0.29) is 49.6 Å². The van der Waals surface area contributed by atoms with Gasteiger partial charge in [-0.2, -0.15) is 13.2 Å². The molecule has 2 amide bonds. The summed E-state index contributed by atoms with van der Waals surface area (Å²) in [6, 6.07) is 0.747. The van der Waals surface area contributed by atoms with Crippen molar-refractivity contribution in [2.45, 2.75) is 63.9 Å². The summed E-state index contributed by atoms with van der Waals surface area (Å²) in [7, 11) is 0. The number of ketones is 1. The summed E-state index contributed by atoms with van der Waals surface area (Å²) in [4.78, 5) is 46.0. The molecule has 1 aliphatic carbocycles. The van der Waals surface area contributed by atoms with Gasteiger partial charge in [-0.1, -0.05) is 0 Å². The summed E-state index contributed by atoms with van der Waals surface area (Å²) in [5.41, 5.74) is -2.69. The van der Waals surface area contributed by atoms with Crippen LogP contribution in [0, 0.1) is 5.41 Å². The molecule has 3 atom stereocenters. The average Bonchev–Trinajstić information content (AvgIpc) is 3.22. The van der Waals surface area contributed by atoms with Crippen LogP contribution in [0.3, 0.4) is 0 Å². The molecule has 180 valence electrons. The second-order valence-corrected chi connectivity index (χ2v) is 9.89. The number of pyridine rings is 1. The molecule has 2 saturated heterocycles. The Hall–Kier alpha value is -2.85. The zero-order valence-corrected chi connectivity index (χ0v) is 18.7. The number of amides is 2. The fourth-order valence-electron chi connectivity index (χ4n) is 4.99. The molecule has 1 aromatic rings. The zero-order chi connectivity index (χ0) is 24.2. The highest BCUT2D eigenvalue weighted by Crippen LogP contribution is 2.47. The van der Waals surface area contributed by atoms with E-state index >= 15 is 0 Å². The Morgan fingerprint density at radius 1 is 1.24 bits per heavy atom. The van der Waals surface area contributed by atoms with Gasteiger partial charge in [0.25, 0.3) is 0 Å². The van der Waals surface area contributed by atoms with Gasteiger partial charge in [0.15, 0.2) is 5.78 Å². The molecule has 1 N–H and O–H groups in total. The molecule has 0 aromatic carbocycles. The Kier molecular flexibility index (Phi) is 5.57. The van der Waals surface area contributed by atoms with E-state index in [0.29, 0.717) is 12.8 Å². The van der Waals surface area contributed by atoms with Crippen molar-refractivity contribution in [2.75, 3.05) is 24.5 Å². The molecule has 8 nitrogen and oxygen atoms in total. The van der Waals surface area contributed by atoms with E-state index in [4.69, 9.17) is 4.74 Å². The number of alkyl carbamates (subject to hydrolysis) is 1. The molecule has 2 aliphatic heterocycles. The van der Waals surface area contributed by atoms with Crippen LogP contribution in [0.15, 0.2) is 18.3 Å². The first kappa shape index (κ1) is 23.3. The normalized spacial score (nSPS) is 27.8. The second kappa shape index (κ2) is 7.88. The maximum Gasteiger partial charge on any atom is 0.416 e. The lowest BCUT2D eigenvalue weighted by Crippen LogP contribution is -2.53. The number of hydrogen-bond donors (Lipinski definition) is 1. The van der Waals surface area contributed by atoms with E-state index in [9.17, 15) is 27.6 Å². The van der Waals surface area contributed by atoms with Crippen molar-refractivity contribution >= 4 is 23.6 Å². The molecule has 3 aliphatic rings. The summed E-state index contributed by atoms with van der Waals surface area (Å²) < 4.78 is 44.5. The van der Waals surface area contributed by atoms with Crippen LogP contribution in [0.4, 0.5) is 23.8 Å². The topological polar surface area (TPSA) is 91.8 Å². The lowest BCUT2D eigenvalue weighted by molar-refractivity contribution is -0.139. The first-order chi connectivity index (χ1) is 15.3. The molecule has 0 bridgehead atoms. The van der Waals surface area contributed by atoms with Crippen LogP contribution in [-0.4, -0.2) is 65.0 Å². The van der Waals surface area contributed by atoms with Gasteiger partial charge in [0.05, 0.1) is 5.56 Å². The first-order valence-electron chi connectivity index (χ1n) is 10.9. The number of aromatic nitrogens is 1. The number of fused-ring (bicyclic) bond motifs is 1. The largest absolute Gasteiger partial charge is 0.444 e. The van der Waals surface area contributed by atoms with Gasteiger partial charge in [0.2, 0.25) is 5.91 Å². The van der Waals surface area contributed by atoms with Crippen molar-refractivity contribution in [3.63, 3.8) is 0 Å². The van der Waals surface area contributed by atoms with Crippen molar-refractivity contribution in [3.05, 3.63) is 23.9 Å². The van der Waals surface area contributed by atoms with Gasteiger partial charge in [-0.15, -0.1) is 0 Å². The fourth-order valence-corrected chi connectivity index (χ4v) is 4.99. The van der Waals surface area contributed by atoms with E-state index < -0.39 is 34.9 Å². The summed E-state index contributed by atoms with van der Waals surface area (Å²) in [5.74, 6) is -0.373. The van der Waals surface area contributed by atoms with Crippen molar-refractivity contribution in [1.82, 2.24) is 15.2 Å². The Morgan fingerprint density at radius 3 is 2.64 bits per heavy atom. The fraction of sp³-hybridized carbons (Fsp3) is 0.636. The summed E-state index contributed by atoms with van der Waals surface area (Å²) in [5, 5.41) is 2.75. The van der Waals surface area contributed by atoms with Gasteiger partial charge < -0.3 is 19.9 Å². The molecular formula is C22H27F3N4O4. The molecule has 3 heterocycles. The van der Waals surface area contributed by atoms with Crippen LogP contribution in [0.5, 0.6) is 0 Å². The molecule has 3 fully saturated rings. The van der Waals surface area contributed by atoms with Crippen LogP contribution < -0.4 is 10.2 Å². The number of Topliss-reactive ketones (excluding diaryl/α,β-unsaturated/α-hetero) is 1. The van der Waals surface area contributed by atoms with Crippen LogP contribution >= 0.6 is 0 Å². The van der Waals surface area contributed by atoms with E-state index in [0.717, 1.165) is 18.3 Å². The van der Waals surface area contributed by atoms with Gasteiger partial charge in [-0.3, -0.25) is 9.59 Å². The van der Waals surface area contributed by atoms with E-state index in [1.807, 2.05) is 0 Å². The highest BCUT2D eigenvalue weighted by atomic mass is 19.4. The Morgan fingerprint density at radius 2 is 1.97 bits per heavy atom. The number of carbonyl (C=O) groups is 3. The maximum absolute atomic E-state index is 13.4. The number of nitrogens with one attached hydrogen (secondary N) is 1. The Bertz CT molecular complexity index is 977. The number of nitrogens with zero attached hydrogens (tertiary/aromatic N) is 3. The van der Waals surface area contributed by atoms with Gasteiger partial charge in [-0.25, -0.2) is 9.78 Å². The highest BCUT2D eigenvalue weighted by molar-refractivity contribution is 6.15. The summed E-state index contributed by atoms with van der Waals surface area (Å²) in [6.07, 6.45) is -3.02. The lowest BCUT2D eigenvalue weighted by Gasteiger charge is -2.37. The van der Waals surface area contributed by atoms with Crippen LogP contribution in [0.2, 0.25) is 0 Å².